The molecule has 1 atom stereocenters. The first kappa shape index (κ1) is 17.7. The lowest BCUT2D eigenvalue weighted by Crippen LogP contribution is -2.68. The fourth-order valence-corrected chi connectivity index (χ4v) is 3.27. The predicted molar refractivity (Wildman–Crippen MR) is 87.5 cm³/mol. The Morgan fingerprint density at radius 1 is 1.35 bits per heavy atom. The molecule has 1 unspecified atom stereocenters. The lowest BCUT2D eigenvalue weighted by molar-refractivity contribution is -0.156. The van der Waals surface area contributed by atoms with Crippen LogP contribution in [0.2, 0.25) is 5.02 Å². The maximum absolute atomic E-state index is 12.4. The first-order chi connectivity index (χ1) is 10.7. The standard InChI is InChI=1S/C15H19ClN2O4S/c1-3-23(21,22)17-14(20)15(2)8-9-18(15)13(19)10-11-6-4-5-7-12(11)16/h4-7H,3,8-10H2,1-2H3,(H,17,20). The van der Waals surface area contributed by atoms with Gasteiger partial charge in [-0.2, -0.15) is 0 Å². The number of nitrogens with one attached hydrogen (secondary N) is 1. The zero-order valence-electron chi connectivity index (χ0n) is 13.0. The van der Waals surface area contributed by atoms with Crippen molar-refractivity contribution in [2.45, 2.75) is 32.2 Å². The number of carbonyl (C=O) groups excluding carboxylic acids is 2. The Balaban J connectivity index is 2.10. The van der Waals surface area contributed by atoms with E-state index >= 15 is 0 Å². The van der Waals surface area contributed by atoms with Gasteiger partial charge in [0.2, 0.25) is 15.9 Å². The van der Waals surface area contributed by atoms with Crippen LogP contribution in [0.5, 0.6) is 0 Å². The Labute approximate surface area is 140 Å². The Bertz CT molecular complexity index is 735. The van der Waals surface area contributed by atoms with Gasteiger partial charge in [-0.05, 0) is 31.9 Å². The van der Waals surface area contributed by atoms with Crippen molar-refractivity contribution >= 4 is 33.4 Å². The first-order valence-corrected chi connectivity index (χ1v) is 9.31. The summed E-state index contributed by atoms with van der Waals surface area (Å²) in [5.74, 6) is -1.11. The van der Waals surface area contributed by atoms with Gasteiger partial charge in [0.15, 0.2) is 0 Å². The highest BCUT2D eigenvalue weighted by molar-refractivity contribution is 7.90. The summed E-state index contributed by atoms with van der Waals surface area (Å²) in [6.45, 7) is 3.43. The van der Waals surface area contributed by atoms with Crippen LogP contribution in [0, 0.1) is 0 Å². The third kappa shape index (κ3) is 3.67. The van der Waals surface area contributed by atoms with Crippen LogP contribution in [-0.2, 0) is 26.0 Å². The largest absolute Gasteiger partial charge is 0.328 e. The SMILES string of the molecule is CCS(=O)(=O)NC(=O)C1(C)CCN1C(=O)Cc1ccccc1Cl. The summed E-state index contributed by atoms with van der Waals surface area (Å²) in [4.78, 5) is 26.1. The molecule has 6 nitrogen and oxygen atoms in total. The van der Waals surface area contributed by atoms with E-state index in [0.29, 0.717) is 23.6 Å². The molecule has 1 N–H and O–H groups in total. The van der Waals surface area contributed by atoms with Crippen LogP contribution in [0.15, 0.2) is 24.3 Å². The fraction of sp³-hybridized carbons (Fsp3) is 0.467. The molecule has 1 aliphatic rings. The zero-order valence-corrected chi connectivity index (χ0v) is 14.6. The van der Waals surface area contributed by atoms with Gasteiger partial charge in [-0.3, -0.25) is 14.3 Å². The third-order valence-electron chi connectivity index (χ3n) is 4.14. The quantitative estimate of drug-likeness (QED) is 0.860. The van der Waals surface area contributed by atoms with Gasteiger partial charge in [-0.1, -0.05) is 29.8 Å². The van der Waals surface area contributed by atoms with E-state index in [2.05, 4.69) is 0 Å². The van der Waals surface area contributed by atoms with Crippen LogP contribution in [0.1, 0.15) is 25.8 Å². The first-order valence-electron chi connectivity index (χ1n) is 7.28. The molecular formula is C15H19ClN2O4S. The number of halogens is 1. The van der Waals surface area contributed by atoms with Gasteiger partial charge in [-0.15, -0.1) is 0 Å². The van der Waals surface area contributed by atoms with Crippen LogP contribution in [0.25, 0.3) is 0 Å². The van der Waals surface area contributed by atoms with Gasteiger partial charge in [0, 0.05) is 11.6 Å². The Kier molecular flexibility index (Phi) is 5.01. The monoisotopic (exact) mass is 358 g/mol. The van der Waals surface area contributed by atoms with Crippen LogP contribution < -0.4 is 4.72 Å². The molecule has 1 saturated heterocycles. The lowest BCUT2D eigenvalue weighted by Gasteiger charge is -2.49. The molecule has 126 valence electrons. The van der Waals surface area contributed by atoms with Gasteiger partial charge in [0.05, 0.1) is 12.2 Å². The summed E-state index contributed by atoms with van der Waals surface area (Å²) in [6.07, 6.45) is 0.495. The molecule has 1 aromatic rings. The van der Waals surface area contributed by atoms with E-state index in [1.54, 1.807) is 31.2 Å². The molecular weight excluding hydrogens is 340 g/mol. The number of rotatable bonds is 5. The molecule has 1 aromatic carbocycles. The normalized spacial score (nSPS) is 20.7. The van der Waals surface area contributed by atoms with Crippen molar-refractivity contribution in [3.05, 3.63) is 34.9 Å². The van der Waals surface area contributed by atoms with Crippen molar-refractivity contribution in [3.8, 4) is 0 Å². The van der Waals surface area contributed by atoms with Gasteiger partial charge in [0.25, 0.3) is 5.91 Å². The minimum absolute atomic E-state index is 0.0725. The maximum Gasteiger partial charge on any atom is 0.259 e. The lowest BCUT2D eigenvalue weighted by atomic mass is 9.85. The van der Waals surface area contributed by atoms with Crippen molar-refractivity contribution in [1.29, 1.82) is 0 Å². The Morgan fingerprint density at radius 3 is 2.52 bits per heavy atom. The van der Waals surface area contributed by atoms with Gasteiger partial charge in [0.1, 0.15) is 5.54 Å². The van der Waals surface area contributed by atoms with Gasteiger partial charge in [-0.25, -0.2) is 8.42 Å². The number of amides is 2. The van der Waals surface area contributed by atoms with E-state index in [1.807, 2.05) is 4.72 Å². The van der Waals surface area contributed by atoms with Gasteiger partial charge >= 0.3 is 0 Å². The summed E-state index contributed by atoms with van der Waals surface area (Å²) < 4.78 is 25.1. The molecule has 2 amide bonds. The number of hydrogen-bond donors (Lipinski definition) is 1. The number of benzene rings is 1. The van der Waals surface area contributed by atoms with Crippen molar-refractivity contribution in [1.82, 2.24) is 9.62 Å². The summed E-state index contributed by atoms with van der Waals surface area (Å²) in [6, 6.07) is 7.00. The third-order valence-corrected chi connectivity index (χ3v) is 5.76. The van der Waals surface area contributed by atoms with E-state index < -0.39 is 21.5 Å². The predicted octanol–water partition coefficient (Wildman–Crippen LogP) is 1.34. The van der Waals surface area contributed by atoms with Crippen molar-refractivity contribution in [3.63, 3.8) is 0 Å². The highest BCUT2D eigenvalue weighted by Gasteiger charge is 2.50. The number of nitrogens with zero attached hydrogens (tertiary/aromatic N) is 1. The second-order valence-corrected chi connectivity index (χ2v) is 8.09. The molecule has 0 aromatic heterocycles. The molecule has 1 heterocycles. The van der Waals surface area contributed by atoms with Crippen molar-refractivity contribution in [2.75, 3.05) is 12.3 Å². The molecule has 0 saturated carbocycles. The molecule has 0 spiro atoms. The van der Waals surface area contributed by atoms with Crippen molar-refractivity contribution in [2.24, 2.45) is 0 Å². The maximum atomic E-state index is 12.4. The highest BCUT2D eigenvalue weighted by atomic mass is 35.5. The van der Waals surface area contributed by atoms with E-state index in [0.717, 1.165) is 0 Å². The van der Waals surface area contributed by atoms with E-state index in [-0.39, 0.29) is 18.1 Å². The molecule has 8 heteroatoms. The molecule has 0 bridgehead atoms. The fourth-order valence-electron chi connectivity index (χ4n) is 2.42. The zero-order chi connectivity index (χ0) is 17.3. The topological polar surface area (TPSA) is 83.6 Å². The molecule has 2 rings (SSSR count). The average molecular weight is 359 g/mol. The van der Waals surface area contributed by atoms with E-state index in [9.17, 15) is 18.0 Å². The van der Waals surface area contributed by atoms with Crippen LogP contribution in [0.4, 0.5) is 0 Å². The smallest absolute Gasteiger partial charge is 0.259 e. The van der Waals surface area contributed by atoms with Crippen LogP contribution in [-0.4, -0.2) is 43.0 Å². The minimum Gasteiger partial charge on any atom is -0.328 e. The average Bonchev–Trinajstić information content (AvgIpc) is 2.47. The Hall–Kier alpha value is -1.60. The highest BCUT2D eigenvalue weighted by Crippen LogP contribution is 2.32. The second kappa shape index (κ2) is 6.49. The molecule has 23 heavy (non-hydrogen) atoms. The summed E-state index contributed by atoms with van der Waals surface area (Å²) in [7, 11) is -3.65. The Morgan fingerprint density at radius 2 is 2.00 bits per heavy atom. The number of hydrogen-bond acceptors (Lipinski definition) is 4. The molecule has 0 aliphatic carbocycles. The minimum atomic E-state index is -3.65. The summed E-state index contributed by atoms with van der Waals surface area (Å²) >= 11 is 6.04. The number of sulfonamides is 1. The van der Waals surface area contributed by atoms with Crippen LogP contribution >= 0.6 is 11.6 Å². The van der Waals surface area contributed by atoms with E-state index in [1.165, 1.54) is 11.8 Å². The van der Waals surface area contributed by atoms with Crippen molar-refractivity contribution < 1.29 is 18.0 Å². The van der Waals surface area contributed by atoms with Gasteiger partial charge < -0.3 is 4.90 Å². The summed E-state index contributed by atoms with van der Waals surface area (Å²) in [5, 5.41) is 0.487. The molecule has 1 fully saturated rings. The number of carbonyl (C=O) groups is 2. The summed E-state index contributed by atoms with van der Waals surface area (Å²) in [5.41, 5.74) is -0.462. The van der Waals surface area contributed by atoms with E-state index in [4.69, 9.17) is 11.6 Å². The molecule has 1 aliphatic heterocycles. The second-order valence-electron chi connectivity index (χ2n) is 5.67. The molecule has 0 radical (unpaired) electrons. The van der Waals surface area contributed by atoms with Crippen LogP contribution in [0.3, 0.4) is 0 Å². The number of likely N-dealkylation sites (tertiary alicyclic amines) is 1.